The Labute approximate surface area is 120 Å². The van der Waals surface area contributed by atoms with Crippen molar-refractivity contribution in [3.05, 3.63) is 0 Å². The molecule has 2 amide bonds. The fourth-order valence-corrected chi connectivity index (χ4v) is 2.68. The normalized spacial score (nSPS) is 23.8. The molecule has 1 heterocycles. The first kappa shape index (κ1) is 16.3. The molecule has 112 valence electrons. The third-order valence-electron chi connectivity index (χ3n) is 4.07. The quantitative estimate of drug-likeness (QED) is 0.851. The van der Waals surface area contributed by atoms with Crippen LogP contribution in [0.1, 0.15) is 33.1 Å². The highest BCUT2D eigenvalue weighted by Gasteiger charge is 2.42. The Morgan fingerprint density at radius 2 is 2.20 bits per heavy atom. The van der Waals surface area contributed by atoms with Crippen molar-refractivity contribution in [2.75, 3.05) is 26.7 Å². The van der Waals surface area contributed by atoms with Crippen LogP contribution in [0.25, 0.3) is 0 Å². The first-order valence-corrected chi connectivity index (χ1v) is 6.99. The number of carbonyl (C=O) groups excluding carboxylic acids is 1. The van der Waals surface area contributed by atoms with E-state index in [4.69, 9.17) is 5.26 Å². The second-order valence-electron chi connectivity index (χ2n) is 5.66. The van der Waals surface area contributed by atoms with Crippen molar-refractivity contribution in [3.8, 4) is 6.07 Å². The Morgan fingerprint density at radius 1 is 1.55 bits per heavy atom. The molecule has 1 fully saturated rings. The van der Waals surface area contributed by atoms with Crippen LogP contribution in [0.5, 0.6) is 0 Å². The Morgan fingerprint density at radius 3 is 2.70 bits per heavy atom. The summed E-state index contributed by atoms with van der Waals surface area (Å²) >= 11 is 0. The minimum Gasteiger partial charge on any atom is -0.481 e. The van der Waals surface area contributed by atoms with Gasteiger partial charge in [0.25, 0.3) is 0 Å². The summed E-state index contributed by atoms with van der Waals surface area (Å²) in [5.74, 6) is -1.06. The van der Waals surface area contributed by atoms with E-state index in [1.54, 1.807) is 18.9 Å². The smallest absolute Gasteiger partial charge is 0.319 e. The number of hydrogen-bond acceptors (Lipinski definition) is 3. The van der Waals surface area contributed by atoms with E-state index in [2.05, 4.69) is 6.07 Å². The van der Waals surface area contributed by atoms with Gasteiger partial charge < -0.3 is 14.9 Å². The van der Waals surface area contributed by atoms with Gasteiger partial charge in [-0.25, -0.2) is 4.79 Å². The average molecular weight is 281 g/mol. The number of likely N-dealkylation sites (tertiary alicyclic amines) is 1. The van der Waals surface area contributed by atoms with Gasteiger partial charge in [-0.15, -0.1) is 0 Å². The fourth-order valence-electron chi connectivity index (χ4n) is 2.68. The summed E-state index contributed by atoms with van der Waals surface area (Å²) in [6, 6.07) is 1.90. The molecule has 1 saturated heterocycles. The van der Waals surface area contributed by atoms with Gasteiger partial charge in [-0.1, -0.05) is 6.92 Å². The molecule has 1 rings (SSSR count). The predicted octanol–water partition coefficient (Wildman–Crippen LogP) is 1.77. The lowest BCUT2D eigenvalue weighted by Crippen LogP contribution is -2.53. The van der Waals surface area contributed by atoms with Crippen LogP contribution < -0.4 is 0 Å². The number of amides is 2. The summed E-state index contributed by atoms with van der Waals surface area (Å²) in [5.41, 5.74) is -0.824. The Hall–Kier alpha value is -1.77. The first-order chi connectivity index (χ1) is 9.36. The molecule has 0 aromatic carbocycles. The number of hydrogen-bond donors (Lipinski definition) is 1. The molecule has 0 aromatic rings. The van der Waals surface area contributed by atoms with E-state index in [0.29, 0.717) is 32.4 Å². The minimum absolute atomic E-state index is 0.189. The molecule has 6 nitrogen and oxygen atoms in total. The number of aliphatic carboxylic acids is 1. The van der Waals surface area contributed by atoms with Crippen LogP contribution in [0.4, 0.5) is 4.79 Å². The van der Waals surface area contributed by atoms with Crippen molar-refractivity contribution >= 4 is 12.0 Å². The lowest BCUT2D eigenvalue weighted by molar-refractivity contribution is -0.152. The molecule has 0 aromatic heterocycles. The van der Waals surface area contributed by atoms with Gasteiger partial charge in [0.2, 0.25) is 0 Å². The fraction of sp³-hybridized carbons (Fsp3) is 0.786. The Balaban J connectivity index is 2.74. The number of carboxylic acids is 1. The highest BCUT2D eigenvalue weighted by Crippen LogP contribution is 2.34. The van der Waals surface area contributed by atoms with Crippen molar-refractivity contribution in [3.63, 3.8) is 0 Å². The molecule has 2 unspecified atom stereocenters. The maximum Gasteiger partial charge on any atom is 0.319 e. The van der Waals surface area contributed by atoms with Crippen molar-refractivity contribution in [2.24, 2.45) is 11.3 Å². The summed E-state index contributed by atoms with van der Waals surface area (Å²) in [4.78, 5) is 26.9. The van der Waals surface area contributed by atoms with Crippen LogP contribution in [0, 0.1) is 22.7 Å². The summed E-state index contributed by atoms with van der Waals surface area (Å²) in [5, 5.41) is 18.2. The number of nitrogens with zero attached hydrogens (tertiary/aromatic N) is 3. The summed E-state index contributed by atoms with van der Waals surface area (Å²) < 4.78 is 0. The molecule has 0 spiro atoms. The maximum atomic E-state index is 12.3. The second-order valence-corrected chi connectivity index (χ2v) is 5.66. The zero-order chi connectivity index (χ0) is 15.3. The number of rotatable bonds is 4. The van der Waals surface area contributed by atoms with E-state index < -0.39 is 11.4 Å². The zero-order valence-corrected chi connectivity index (χ0v) is 12.4. The minimum atomic E-state index is -0.828. The number of nitriles is 1. The van der Waals surface area contributed by atoms with E-state index in [-0.39, 0.29) is 18.5 Å². The van der Waals surface area contributed by atoms with Crippen LogP contribution in [0.15, 0.2) is 0 Å². The molecule has 1 aliphatic rings. The molecule has 1 aliphatic heterocycles. The molecule has 2 atom stereocenters. The topological polar surface area (TPSA) is 84.6 Å². The van der Waals surface area contributed by atoms with Gasteiger partial charge in [-0.05, 0) is 26.2 Å². The van der Waals surface area contributed by atoms with Crippen molar-refractivity contribution in [1.82, 2.24) is 9.80 Å². The highest BCUT2D eigenvalue weighted by atomic mass is 16.4. The molecular weight excluding hydrogens is 258 g/mol. The lowest BCUT2D eigenvalue weighted by Gasteiger charge is -2.40. The SMILES string of the molecule is CCC1(C(=O)O)CCCN(C(=O)N(C)CC(C)C#N)C1. The van der Waals surface area contributed by atoms with Gasteiger partial charge in [0, 0.05) is 26.7 Å². The summed E-state index contributed by atoms with van der Waals surface area (Å²) in [7, 11) is 1.65. The first-order valence-electron chi connectivity index (χ1n) is 6.99. The highest BCUT2D eigenvalue weighted by molar-refractivity contribution is 5.78. The van der Waals surface area contributed by atoms with Gasteiger partial charge in [0.05, 0.1) is 17.4 Å². The largest absolute Gasteiger partial charge is 0.481 e. The van der Waals surface area contributed by atoms with E-state index in [1.165, 1.54) is 4.90 Å². The van der Waals surface area contributed by atoms with Gasteiger partial charge in [-0.2, -0.15) is 5.26 Å². The van der Waals surface area contributed by atoms with Crippen LogP contribution in [-0.4, -0.2) is 53.6 Å². The standard InChI is InChI=1S/C14H23N3O3/c1-4-14(12(18)19)6-5-7-17(10-14)13(20)16(3)9-11(2)8-15/h11H,4-7,9-10H2,1-3H3,(H,18,19). The molecule has 6 heteroatoms. The average Bonchev–Trinajstić information content (AvgIpc) is 2.45. The third-order valence-corrected chi connectivity index (χ3v) is 4.07. The number of urea groups is 1. The number of carbonyl (C=O) groups is 2. The Kier molecular flexibility index (Phi) is 5.37. The van der Waals surface area contributed by atoms with E-state index in [1.807, 2.05) is 6.92 Å². The van der Waals surface area contributed by atoms with E-state index in [9.17, 15) is 14.7 Å². The van der Waals surface area contributed by atoms with Gasteiger partial charge in [0.15, 0.2) is 0 Å². The maximum absolute atomic E-state index is 12.3. The van der Waals surface area contributed by atoms with Crippen LogP contribution >= 0.6 is 0 Å². The monoisotopic (exact) mass is 281 g/mol. The number of carboxylic acid groups (broad SMARTS) is 1. The van der Waals surface area contributed by atoms with Crippen molar-refractivity contribution < 1.29 is 14.7 Å². The van der Waals surface area contributed by atoms with Gasteiger partial charge in [-0.3, -0.25) is 4.79 Å². The molecule has 0 saturated carbocycles. The van der Waals surface area contributed by atoms with Crippen LogP contribution in [0.3, 0.4) is 0 Å². The lowest BCUT2D eigenvalue weighted by atomic mass is 9.78. The van der Waals surface area contributed by atoms with Crippen molar-refractivity contribution in [1.29, 1.82) is 5.26 Å². The molecule has 1 N–H and O–H groups in total. The van der Waals surface area contributed by atoms with Gasteiger partial charge >= 0.3 is 12.0 Å². The second kappa shape index (κ2) is 6.60. The molecule has 20 heavy (non-hydrogen) atoms. The third kappa shape index (κ3) is 3.41. The molecule has 0 radical (unpaired) electrons. The van der Waals surface area contributed by atoms with E-state index in [0.717, 1.165) is 0 Å². The molecule has 0 aliphatic carbocycles. The predicted molar refractivity (Wildman–Crippen MR) is 74.0 cm³/mol. The van der Waals surface area contributed by atoms with E-state index >= 15 is 0 Å². The van der Waals surface area contributed by atoms with Gasteiger partial charge in [0.1, 0.15) is 0 Å². The Bertz CT molecular complexity index is 418. The summed E-state index contributed by atoms with van der Waals surface area (Å²) in [6.07, 6.45) is 1.83. The van der Waals surface area contributed by atoms with Crippen molar-refractivity contribution in [2.45, 2.75) is 33.1 Å². The zero-order valence-electron chi connectivity index (χ0n) is 12.4. The number of piperidine rings is 1. The summed E-state index contributed by atoms with van der Waals surface area (Å²) in [6.45, 7) is 4.80. The molecule has 0 bridgehead atoms. The molecular formula is C14H23N3O3. The van der Waals surface area contributed by atoms with Crippen LogP contribution in [0.2, 0.25) is 0 Å². The van der Waals surface area contributed by atoms with Crippen LogP contribution in [-0.2, 0) is 4.79 Å².